The zero-order valence-electron chi connectivity index (χ0n) is 21.4. The van der Waals surface area contributed by atoms with Gasteiger partial charge in [0.15, 0.2) is 11.6 Å². The standard InChI is InChI=1S/C30H44F2N2/c1-3-5-7-8-10-11-23-13-15-24(16-14-23)17-18-25-19-21-27(30(32)29(25)31)28-22-20-26(33-34-28)12-9-6-4-2/h19-24H,3-18H2,1-2H3. The van der Waals surface area contributed by atoms with Crippen LogP contribution in [0.15, 0.2) is 24.3 Å². The molecule has 0 aliphatic heterocycles. The number of benzene rings is 1. The summed E-state index contributed by atoms with van der Waals surface area (Å²) in [6, 6.07) is 7.05. The van der Waals surface area contributed by atoms with Crippen LogP contribution in [0.25, 0.3) is 11.3 Å². The molecule has 1 heterocycles. The van der Waals surface area contributed by atoms with E-state index in [1.54, 1.807) is 18.2 Å². The molecule has 188 valence electrons. The normalized spacial score (nSPS) is 18.4. The van der Waals surface area contributed by atoms with Gasteiger partial charge >= 0.3 is 0 Å². The van der Waals surface area contributed by atoms with Gasteiger partial charge in [-0.15, -0.1) is 0 Å². The van der Waals surface area contributed by atoms with E-state index in [2.05, 4.69) is 24.0 Å². The van der Waals surface area contributed by atoms with E-state index in [0.717, 1.165) is 43.7 Å². The average molecular weight is 471 g/mol. The number of nitrogens with zero attached hydrogens (tertiary/aromatic N) is 2. The quantitative estimate of drug-likeness (QED) is 0.257. The van der Waals surface area contributed by atoms with E-state index in [1.807, 2.05) is 6.07 Å². The Hall–Kier alpha value is -1.84. The lowest BCUT2D eigenvalue weighted by Crippen LogP contribution is -2.15. The molecular weight excluding hydrogens is 426 g/mol. The van der Waals surface area contributed by atoms with Crippen molar-refractivity contribution in [2.24, 2.45) is 11.8 Å². The Labute approximate surface area is 206 Å². The summed E-state index contributed by atoms with van der Waals surface area (Å²) in [4.78, 5) is 0. The van der Waals surface area contributed by atoms with Crippen LogP contribution in [0, 0.1) is 23.5 Å². The minimum absolute atomic E-state index is 0.202. The molecule has 0 N–H and O–H groups in total. The van der Waals surface area contributed by atoms with Crippen molar-refractivity contribution in [3.8, 4) is 11.3 Å². The van der Waals surface area contributed by atoms with Crippen LogP contribution in [-0.4, -0.2) is 10.2 Å². The number of hydrogen-bond acceptors (Lipinski definition) is 2. The smallest absolute Gasteiger partial charge is 0.168 e. The second-order valence-corrected chi connectivity index (χ2v) is 10.4. The third-order valence-electron chi connectivity index (χ3n) is 7.70. The fourth-order valence-electron chi connectivity index (χ4n) is 5.38. The zero-order valence-corrected chi connectivity index (χ0v) is 21.4. The summed E-state index contributed by atoms with van der Waals surface area (Å²) in [5, 5.41) is 8.38. The summed E-state index contributed by atoms with van der Waals surface area (Å²) in [6.07, 6.45) is 19.1. The second kappa shape index (κ2) is 14.5. The molecule has 1 aromatic heterocycles. The van der Waals surface area contributed by atoms with Gasteiger partial charge in [-0.25, -0.2) is 8.78 Å². The third kappa shape index (κ3) is 8.13. The number of halogens is 2. The zero-order chi connectivity index (χ0) is 24.2. The van der Waals surface area contributed by atoms with Crippen LogP contribution in [0.4, 0.5) is 8.78 Å². The summed E-state index contributed by atoms with van der Waals surface area (Å²) in [6.45, 7) is 4.43. The maximum absolute atomic E-state index is 14.9. The predicted octanol–water partition coefficient (Wildman–Crippen LogP) is 9.25. The SMILES string of the molecule is CCCCCCCC1CCC(CCc2ccc(-c3ccc(CCCCC)nn3)c(F)c2F)CC1. The molecule has 4 heteroatoms. The molecule has 0 unspecified atom stereocenters. The van der Waals surface area contributed by atoms with Crippen LogP contribution in [-0.2, 0) is 12.8 Å². The van der Waals surface area contributed by atoms with Gasteiger partial charge in [-0.1, -0.05) is 97.0 Å². The summed E-state index contributed by atoms with van der Waals surface area (Å²) in [5.74, 6) is 0.0134. The van der Waals surface area contributed by atoms with E-state index in [0.29, 0.717) is 23.6 Å². The molecule has 0 atom stereocenters. The third-order valence-corrected chi connectivity index (χ3v) is 7.70. The first-order valence-electron chi connectivity index (χ1n) is 13.9. The Balaban J connectivity index is 1.46. The molecular formula is C30H44F2N2. The lowest BCUT2D eigenvalue weighted by Gasteiger charge is -2.28. The molecule has 34 heavy (non-hydrogen) atoms. The first kappa shape index (κ1) is 26.8. The average Bonchev–Trinajstić information content (AvgIpc) is 2.86. The molecule has 2 nitrogen and oxygen atoms in total. The van der Waals surface area contributed by atoms with E-state index in [9.17, 15) is 8.78 Å². The van der Waals surface area contributed by atoms with Crippen LogP contribution >= 0.6 is 0 Å². The Morgan fingerprint density at radius 1 is 0.676 bits per heavy atom. The van der Waals surface area contributed by atoms with Crippen molar-refractivity contribution in [1.29, 1.82) is 0 Å². The lowest BCUT2D eigenvalue weighted by atomic mass is 9.77. The maximum atomic E-state index is 14.9. The summed E-state index contributed by atoms with van der Waals surface area (Å²) in [7, 11) is 0. The van der Waals surface area contributed by atoms with Crippen molar-refractivity contribution in [3.05, 3.63) is 47.2 Å². The van der Waals surface area contributed by atoms with Crippen molar-refractivity contribution in [2.75, 3.05) is 0 Å². The topological polar surface area (TPSA) is 25.8 Å². The number of aryl methyl sites for hydroxylation is 2. The van der Waals surface area contributed by atoms with Crippen molar-refractivity contribution in [1.82, 2.24) is 10.2 Å². The molecule has 0 radical (unpaired) electrons. The van der Waals surface area contributed by atoms with E-state index in [1.165, 1.54) is 64.2 Å². The lowest BCUT2D eigenvalue weighted by molar-refractivity contribution is 0.248. The van der Waals surface area contributed by atoms with Crippen molar-refractivity contribution in [3.63, 3.8) is 0 Å². The monoisotopic (exact) mass is 470 g/mol. The molecule has 0 saturated heterocycles. The molecule has 2 aromatic rings. The summed E-state index contributed by atoms with van der Waals surface area (Å²) < 4.78 is 29.7. The molecule has 0 bridgehead atoms. The number of hydrogen-bond donors (Lipinski definition) is 0. The molecule has 1 fully saturated rings. The van der Waals surface area contributed by atoms with Crippen LogP contribution < -0.4 is 0 Å². The van der Waals surface area contributed by atoms with E-state index in [-0.39, 0.29) is 5.56 Å². The van der Waals surface area contributed by atoms with Gasteiger partial charge in [0.1, 0.15) is 0 Å². The fourth-order valence-corrected chi connectivity index (χ4v) is 5.38. The van der Waals surface area contributed by atoms with Crippen LogP contribution in [0.3, 0.4) is 0 Å². The highest BCUT2D eigenvalue weighted by molar-refractivity contribution is 5.60. The minimum atomic E-state index is -0.794. The Morgan fingerprint density at radius 2 is 1.35 bits per heavy atom. The summed E-state index contributed by atoms with van der Waals surface area (Å²) >= 11 is 0. The summed E-state index contributed by atoms with van der Waals surface area (Å²) in [5.41, 5.74) is 1.99. The number of aromatic nitrogens is 2. The highest BCUT2D eigenvalue weighted by Gasteiger charge is 2.22. The van der Waals surface area contributed by atoms with Crippen molar-refractivity contribution >= 4 is 0 Å². The van der Waals surface area contributed by atoms with Gasteiger partial charge in [0, 0.05) is 5.56 Å². The molecule has 0 spiro atoms. The maximum Gasteiger partial charge on any atom is 0.168 e. The van der Waals surface area contributed by atoms with Gasteiger partial charge in [-0.3, -0.25) is 0 Å². The van der Waals surface area contributed by atoms with Crippen LogP contribution in [0.2, 0.25) is 0 Å². The van der Waals surface area contributed by atoms with E-state index >= 15 is 0 Å². The highest BCUT2D eigenvalue weighted by atomic mass is 19.2. The van der Waals surface area contributed by atoms with Gasteiger partial charge in [-0.05, 0) is 61.3 Å². The first-order valence-corrected chi connectivity index (χ1v) is 13.9. The van der Waals surface area contributed by atoms with Gasteiger partial charge < -0.3 is 0 Å². The molecule has 0 amide bonds. The molecule has 1 aliphatic rings. The molecule has 1 aliphatic carbocycles. The van der Waals surface area contributed by atoms with Crippen LogP contribution in [0.5, 0.6) is 0 Å². The van der Waals surface area contributed by atoms with Gasteiger partial charge in [0.25, 0.3) is 0 Å². The van der Waals surface area contributed by atoms with Gasteiger partial charge in [0.05, 0.1) is 11.4 Å². The predicted molar refractivity (Wildman–Crippen MR) is 138 cm³/mol. The van der Waals surface area contributed by atoms with Gasteiger partial charge in [0.2, 0.25) is 0 Å². The highest BCUT2D eigenvalue weighted by Crippen LogP contribution is 2.35. The fraction of sp³-hybridized carbons (Fsp3) is 0.667. The van der Waals surface area contributed by atoms with E-state index in [4.69, 9.17) is 0 Å². The van der Waals surface area contributed by atoms with Gasteiger partial charge in [-0.2, -0.15) is 10.2 Å². The molecule has 1 aromatic carbocycles. The minimum Gasteiger partial charge on any atom is -0.203 e. The van der Waals surface area contributed by atoms with Crippen LogP contribution in [0.1, 0.15) is 115 Å². The first-order chi connectivity index (χ1) is 16.6. The molecule has 1 saturated carbocycles. The largest absolute Gasteiger partial charge is 0.203 e. The Kier molecular flexibility index (Phi) is 11.4. The molecule has 3 rings (SSSR count). The Morgan fingerprint density at radius 3 is 2.03 bits per heavy atom. The van der Waals surface area contributed by atoms with Crippen molar-refractivity contribution < 1.29 is 8.78 Å². The van der Waals surface area contributed by atoms with Crippen molar-refractivity contribution in [2.45, 2.75) is 117 Å². The number of rotatable bonds is 14. The second-order valence-electron chi connectivity index (χ2n) is 10.4. The van der Waals surface area contributed by atoms with E-state index < -0.39 is 11.6 Å². The number of unbranched alkanes of at least 4 members (excludes halogenated alkanes) is 6. The Bertz CT molecular complexity index is 842.